The summed E-state index contributed by atoms with van der Waals surface area (Å²) in [6.45, 7) is 7.86. The molecule has 0 bridgehead atoms. The van der Waals surface area contributed by atoms with Gasteiger partial charge in [0.15, 0.2) is 5.13 Å². The summed E-state index contributed by atoms with van der Waals surface area (Å²) in [7, 11) is 0. The quantitative estimate of drug-likeness (QED) is 0.686. The number of nitrogens with zero attached hydrogens (tertiary/aromatic N) is 2. The number of non-ortho nitro benzene ring substituents is 1. The monoisotopic (exact) mass is 319 g/mol. The van der Waals surface area contributed by atoms with E-state index >= 15 is 0 Å². The van der Waals surface area contributed by atoms with E-state index in [1.54, 1.807) is 13.0 Å². The first-order chi connectivity index (χ1) is 10.2. The van der Waals surface area contributed by atoms with Crippen molar-refractivity contribution in [1.29, 1.82) is 0 Å². The average molecular weight is 319 g/mol. The molecule has 1 amide bonds. The van der Waals surface area contributed by atoms with Crippen LogP contribution in [0.25, 0.3) is 0 Å². The van der Waals surface area contributed by atoms with Crippen molar-refractivity contribution < 1.29 is 9.72 Å². The smallest absolute Gasteiger partial charge is 0.270 e. The van der Waals surface area contributed by atoms with E-state index in [4.69, 9.17) is 0 Å². The van der Waals surface area contributed by atoms with E-state index in [0.717, 1.165) is 5.69 Å². The summed E-state index contributed by atoms with van der Waals surface area (Å²) in [5, 5.41) is 15.9. The second kappa shape index (κ2) is 5.84. The van der Waals surface area contributed by atoms with Gasteiger partial charge in [0.25, 0.3) is 11.6 Å². The molecule has 1 aromatic carbocycles. The lowest BCUT2D eigenvalue weighted by Crippen LogP contribution is -2.15. The van der Waals surface area contributed by atoms with Gasteiger partial charge in [0.1, 0.15) is 0 Å². The molecule has 0 saturated heterocycles. The molecule has 0 radical (unpaired) electrons. The lowest BCUT2D eigenvalue weighted by atomic mass is 9.93. The van der Waals surface area contributed by atoms with E-state index in [1.165, 1.54) is 23.5 Å². The summed E-state index contributed by atoms with van der Waals surface area (Å²) in [5.41, 5.74) is 1.65. The second-order valence-corrected chi connectivity index (χ2v) is 6.86. The Morgan fingerprint density at radius 1 is 1.36 bits per heavy atom. The lowest BCUT2D eigenvalue weighted by molar-refractivity contribution is -0.384. The van der Waals surface area contributed by atoms with Crippen LogP contribution in [0.15, 0.2) is 23.6 Å². The lowest BCUT2D eigenvalue weighted by Gasteiger charge is -2.14. The molecule has 0 fully saturated rings. The van der Waals surface area contributed by atoms with Gasteiger partial charge in [-0.05, 0) is 12.5 Å². The van der Waals surface area contributed by atoms with Gasteiger partial charge in [0.05, 0.1) is 10.6 Å². The Morgan fingerprint density at radius 3 is 2.59 bits per heavy atom. The van der Waals surface area contributed by atoms with Crippen LogP contribution >= 0.6 is 11.3 Å². The molecule has 7 heteroatoms. The topological polar surface area (TPSA) is 85.1 Å². The summed E-state index contributed by atoms with van der Waals surface area (Å²) < 4.78 is 0. The Kier molecular flexibility index (Phi) is 4.27. The number of aromatic nitrogens is 1. The van der Waals surface area contributed by atoms with Gasteiger partial charge in [0.2, 0.25) is 0 Å². The first-order valence-electron chi connectivity index (χ1n) is 6.71. The largest absolute Gasteiger partial charge is 0.298 e. The fourth-order valence-corrected chi connectivity index (χ4v) is 2.74. The van der Waals surface area contributed by atoms with Crippen LogP contribution in [0.1, 0.15) is 42.4 Å². The Bertz CT molecular complexity index is 732. The van der Waals surface area contributed by atoms with Gasteiger partial charge in [-0.2, -0.15) is 0 Å². The molecule has 2 rings (SSSR count). The zero-order valence-corrected chi connectivity index (χ0v) is 13.7. The number of amides is 1. The zero-order valence-electron chi connectivity index (χ0n) is 12.8. The number of hydrogen-bond donors (Lipinski definition) is 1. The molecule has 0 aliphatic rings. The van der Waals surface area contributed by atoms with Crippen LogP contribution in [0.5, 0.6) is 0 Å². The molecule has 0 spiro atoms. The fraction of sp³-hybridized carbons (Fsp3) is 0.333. The number of carbonyl (C=O) groups is 1. The molecule has 0 aliphatic heterocycles. The Labute approximate surface area is 132 Å². The van der Waals surface area contributed by atoms with Gasteiger partial charge < -0.3 is 0 Å². The highest BCUT2D eigenvalue weighted by atomic mass is 32.1. The number of aryl methyl sites for hydroxylation is 1. The van der Waals surface area contributed by atoms with Crippen molar-refractivity contribution in [3.05, 3.63) is 50.5 Å². The number of benzene rings is 1. The predicted octanol–water partition coefficient (Wildman–Crippen LogP) is 3.91. The van der Waals surface area contributed by atoms with Crippen molar-refractivity contribution in [1.82, 2.24) is 4.98 Å². The van der Waals surface area contributed by atoms with E-state index in [0.29, 0.717) is 10.7 Å². The minimum atomic E-state index is -0.517. The normalized spacial score (nSPS) is 11.3. The first-order valence-corrected chi connectivity index (χ1v) is 7.59. The molecule has 0 unspecified atom stereocenters. The third-order valence-corrected chi connectivity index (χ3v) is 3.93. The van der Waals surface area contributed by atoms with E-state index in [1.807, 2.05) is 26.2 Å². The maximum Gasteiger partial charge on any atom is 0.270 e. The summed E-state index contributed by atoms with van der Waals surface area (Å²) in [6.07, 6.45) is 0. The van der Waals surface area contributed by atoms with Crippen molar-refractivity contribution >= 4 is 28.1 Å². The second-order valence-electron chi connectivity index (χ2n) is 6.00. The molecule has 22 heavy (non-hydrogen) atoms. The first kappa shape index (κ1) is 16.1. The van der Waals surface area contributed by atoms with Crippen molar-refractivity contribution in [3.8, 4) is 0 Å². The van der Waals surface area contributed by atoms with Crippen LogP contribution in [0, 0.1) is 17.0 Å². The average Bonchev–Trinajstić information content (AvgIpc) is 2.87. The number of anilines is 1. The molecule has 1 N–H and O–H groups in total. The van der Waals surface area contributed by atoms with E-state index in [-0.39, 0.29) is 16.7 Å². The van der Waals surface area contributed by atoms with Gasteiger partial charge in [-0.15, -0.1) is 11.3 Å². The highest BCUT2D eigenvalue weighted by Crippen LogP contribution is 2.27. The minimum absolute atomic E-state index is 0.0963. The molecule has 1 aromatic heterocycles. The van der Waals surface area contributed by atoms with Crippen LogP contribution in [-0.2, 0) is 5.41 Å². The van der Waals surface area contributed by atoms with E-state index in [2.05, 4.69) is 10.3 Å². The van der Waals surface area contributed by atoms with Crippen LogP contribution in [0.3, 0.4) is 0 Å². The highest BCUT2D eigenvalue weighted by molar-refractivity contribution is 7.14. The minimum Gasteiger partial charge on any atom is -0.298 e. The number of nitrogens with one attached hydrogen (secondary N) is 1. The number of nitro benzene ring substituents is 1. The Hall–Kier alpha value is -2.28. The van der Waals surface area contributed by atoms with E-state index in [9.17, 15) is 14.9 Å². The van der Waals surface area contributed by atoms with Crippen LogP contribution in [-0.4, -0.2) is 15.8 Å². The molecule has 6 nitrogen and oxygen atoms in total. The number of carbonyl (C=O) groups excluding carboxylic acids is 1. The third-order valence-electron chi connectivity index (χ3n) is 3.17. The Morgan fingerprint density at radius 2 is 2.05 bits per heavy atom. The molecular formula is C15H17N3O3S. The molecular weight excluding hydrogens is 302 g/mol. The standard InChI is InChI=1S/C15H17N3O3S/c1-9-5-6-10(18(20)21)7-11(9)13(19)17-14-16-12(8-22-14)15(2,3)4/h5-8H,1-4H3,(H,16,17,19). The fourth-order valence-electron chi connectivity index (χ4n) is 1.81. The van der Waals surface area contributed by atoms with Gasteiger partial charge in [0, 0.05) is 28.5 Å². The summed E-state index contributed by atoms with van der Waals surface area (Å²) in [6, 6.07) is 4.23. The molecule has 116 valence electrons. The predicted molar refractivity (Wildman–Crippen MR) is 86.6 cm³/mol. The molecule has 0 aliphatic carbocycles. The van der Waals surface area contributed by atoms with Crippen LogP contribution < -0.4 is 5.32 Å². The van der Waals surface area contributed by atoms with Gasteiger partial charge >= 0.3 is 0 Å². The summed E-state index contributed by atoms with van der Waals surface area (Å²) in [5.74, 6) is -0.393. The SMILES string of the molecule is Cc1ccc([N+](=O)[O-])cc1C(=O)Nc1nc(C(C)(C)C)cs1. The van der Waals surface area contributed by atoms with Crippen molar-refractivity contribution in [2.75, 3.05) is 5.32 Å². The van der Waals surface area contributed by atoms with Gasteiger partial charge in [-0.25, -0.2) is 4.98 Å². The number of rotatable bonds is 3. The maximum atomic E-state index is 12.3. The van der Waals surface area contributed by atoms with E-state index < -0.39 is 10.8 Å². The van der Waals surface area contributed by atoms with Gasteiger partial charge in [-0.1, -0.05) is 26.8 Å². The maximum absolute atomic E-state index is 12.3. The molecule has 0 saturated carbocycles. The molecule has 2 aromatic rings. The van der Waals surface area contributed by atoms with Gasteiger partial charge in [-0.3, -0.25) is 20.2 Å². The number of hydrogen-bond acceptors (Lipinski definition) is 5. The number of nitro groups is 1. The van der Waals surface area contributed by atoms with Crippen LogP contribution in [0.2, 0.25) is 0 Å². The zero-order chi connectivity index (χ0) is 16.5. The molecule has 1 heterocycles. The van der Waals surface area contributed by atoms with Crippen molar-refractivity contribution in [3.63, 3.8) is 0 Å². The van der Waals surface area contributed by atoms with Crippen molar-refractivity contribution in [2.45, 2.75) is 33.1 Å². The summed E-state index contributed by atoms with van der Waals surface area (Å²) >= 11 is 1.34. The third kappa shape index (κ3) is 3.48. The molecule has 0 atom stereocenters. The highest BCUT2D eigenvalue weighted by Gasteiger charge is 2.19. The van der Waals surface area contributed by atoms with Crippen LogP contribution in [0.4, 0.5) is 10.8 Å². The summed E-state index contributed by atoms with van der Waals surface area (Å²) in [4.78, 5) is 27.0. The Balaban J connectivity index is 2.24. The number of thiazole rings is 1. The van der Waals surface area contributed by atoms with Crippen molar-refractivity contribution in [2.24, 2.45) is 0 Å².